The van der Waals surface area contributed by atoms with Gasteiger partial charge >= 0.3 is 0 Å². The third-order valence-corrected chi connectivity index (χ3v) is 3.81. The van der Waals surface area contributed by atoms with Crippen LogP contribution in [0.5, 0.6) is 0 Å². The summed E-state index contributed by atoms with van der Waals surface area (Å²) in [6.45, 7) is 6.86. The summed E-state index contributed by atoms with van der Waals surface area (Å²) >= 11 is 0. The summed E-state index contributed by atoms with van der Waals surface area (Å²) in [6.07, 6.45) is 1.50. The molecule has 1 N–H and O–H groups in total. The third-order valence-electron chi connectivity index (χ3n) is 3.81. The minimum atomic E-state index is 0.211. The molecule has 0 spiro atoms. The molecule has 0 fully saturated rings. The van der Waals surface area contributed by atoms with Crippen LogP contribution in [0.1, 0.15) is 47.1 Å². The van der Waals surface area contributed by atoms with E-state index in [2.05, 4.69) is 17.3 Å². The van der Waals surface area contributed by atoms with Crippen LogP contribution in [0.2, 0.25) is 0 Å². The summed E-state index contributed by atoms with van der Waals surface area (Å²) in [4.78, 5) is 11.8. The van der Waals surface area contributed by atoms with Crippen molar-refractivity contribution < 1.29 is 4.79 Å². The van der Waals surface area contributed by atoms with Gasteiger partial charge in [-0.3, -0.25) is 9.48 Å². The van der Waals surface area contributed by atoms with E-state index in [0.717, 1.165) is 29.9 Å². The number of aryl methyl sites for hydroxylation is 2. The lowest BCUT2D eigenvalue weighted by atomic mass is 10.1. The highest BCUT2D eigenvalue weighted by Gasteiger charge is 2.09. The van der Waals surface area contributed by atoms with Crippen LogP contribution in [0.4, 0.5) is 5.69 Å². The minimum absolute atomic E-state index is 0.211. The van der Waals surface area contributed by atoms with Crippen LogP contribution in [0.15, 0.2) is 24.3 Å². The maximum Gasteiger partial charge on any atom is 0.162 e. The molecule has 0 aliphatic heterocycles. The van der Waals surface area contributed by atoms with Crippen molar-refractivity contribution in [3.05, 3.63) is 46.8 Å². The molecule has 0 bridgehead atoms. The second-order valence-corrected chi connectivity index (χ2v) is 5.38. The molecular weight excluding hydrogens is 262 g/mol. The quantitative estimate of drug-likeness (QED) is 0.824. The zero-order valence-electron chi connectivity index (χ0n) is 13.2. The summed E-state index contributed by atoms with van der Waals surface area (Å²) in [5, 5.41) is 7.80. The van der Waals surface area contributed by atoms with Crippen molar-refractivity contribution in [3.63, 3.8) is 0 Å². The van der Waals surface area contributed by atoms with E-state index in [9.17, 15) is 4.79 Å². The molecule has 0 unspecified atom stereocenters. The van der Waals surface area contributed by atoms with Crippen LogP contribution < -0.4 is 5.32 Å². The normalized spacial score (nSPS) is 10.7. The van der Waals surface area contributed by atoms with Crippen molar-refractivity contribution in [2.75, 3.05) is 5.32 Å². The Balaban J connectivity index is 2.02. The van der Waals surface area contributed by atoms with Gasteiger partial charge in [-0.05, 0) is 44.5 Å². The van der Waals surface area contributed by atoms with E-state index in [-0.39, 0.29) is 5.78 Å². The Kier molecular flexibility index (Phi) is 4.78. The number of benzene rings is 1. The zero-order valence-corrected chi connectivity index (χ0v) is 13.2. The van der Waals surface area contributed by atoms with Crippen molar-refractivity contribution in [1.82, 2.24) is 9.78 Å². The Morgan fingerprint density at radius 2 is 1.90 bits per heavy atom. The first-order valence-electron chi connectivity index (χ1n) is 7.39. The lowest BCUT2D eigenvalue weighted by Crippen LogP contribution is -2.03. The molecule has 4 heteroatoms. The summed E-state index contributed by atoms with van der Waals surface area (Å²) < 4.78 is 1.90. The van der Waals surface area contributed by atoms with Crippen molar-refractivity contribution in [2.45, 2.75) is 40.2 Å². The van der Waals surface area contributed by atoms with Gasteiger partial charge < -0.3 is 5.32 Å². The highest BCUT2D eigenvalue weighted by Crippen LogP contribution is 2.16. The zero-order chi connectivity index (χ0) is 15.4. The molecule has 0 aliphatic rings. The number of carbonyl (C=O) groups excluding carboxylic acids is 1. The Morgan fingerprint density at radius 1 is 1.24 bits per heavy atom. The van der Waals surface area contributed by atoms with E-state index in [0.29, 0.717) is 6.42 Å². The summed E-state index contributed by atoms with van der Waals surface area (Å²) in [7, 11) is 1.96. The highest BCUT2D eigenvalue weighted by atomic mass is 16.1. The van der Waals surface area contributed by atoms with Gasteiger partial charge in [0.15, 0.2) is 5.78 Å². The number of aromatic nitrogens is 2. The number of ketones is 1. The molecule has 0 saturated heterocycles. The SMILES string of the molecule is CCCC(=O)c1ccc(NCc2c(C)nn(C)c2C)cc1. The molecule has 1 aromatic carbocycles. The van der Waals surface area contributed by atoms with Gasteiger partial charge in [-0.25, -0.2) is 0 Å². The van der Waals surface area contributed by atoms with Crippen molar-refractivity contribution in [2.24, 2.45) is 7.05 Å². The molecule has 0 atom stereocenters. The molecule has 0 radical (unpaired) electrons. The van der Waals surface area contributed by atoms with Crippen molar-refractivity contribution >= 4 is 11.5 Å². The number of nitrogens with zero attached hydrogens (tertiary/aromatic N) is 2. The maximum atomic E-state index is 11.8. The van der Waals surface area contributed by atoms with Gasteiger partial charge in [-0.1, -0.05) is 6.92 Å². The highest BCUT2D eigenvalue weighted by molar-refractivity contribution is 5.96. The number of rotatable bonds is 6. The van der Waals surface area contributed by atoms with Crippen molar-refractivity contribution in [1.29, 1.82) is 0 Å². The first-order valence-corrected chi connectivity index (χ1v) is 7.39. The van der Waals surface area contributed by atoms with Gasteiger partial charge in [0.2, 0.25) is 0 Å². The molecule has 0 saturated carbocycles. The summed E-state index contributed by atoms with van der Waals surface area (Å²) in [6, 6.07) is 7.71. The largest absolute Gasteiger partial charge is 0.381 e. The number of hydrogen-bond acceptors (Lipinski definition) is 3. The molecule has 2 rings (SSSR count). The van der Waals surface area contributed by atoms with E-state index in [1.807, 2.05) is 49.8 Å². The topological polar surface area (TPSA) is 46.9 Å². The van der Waals surface area contributed by atoms with Crippen LogP contribution in [-0.4, -0.2) is 15.6 Å². The third kappa shape index (κ3) is 3.51. The van der Waals surface area contributed by atoms with E-state index < -0.39 is 0 Å². The summed E-state index contributed by atoms with van der Waals surface area (Å²) in [5.74, 6) is 0.211. The Bertz CT molecular complexity index is 626. The molecular formula is C17H23N3O. The average Bonchev–Trinajstić information content (AvgIpc) is 2.71. The second kappa shape index (κ2) is 6.57. The molecule has 21 heavy (non-hydrogen) atoms. The number of nitrogens with one attached hydrogen (secondary N) is 1. The Labute approximate surface area is 126 Å². The Morgan fingerprint density at radius 3 is 2.43 bits per heavy atom. The fourth-order valence-corrected chi connectivity index (χ4v) is 2.41. The average molecular weight is 285 g/mol. The number of Topliss-reactive ketones (excluding diaryl/α,β-unsaturated/α-hetero) is 1. The first-order chi connectivity index (χ1) is 10.0. The van der Waals surface area contributed by atoms with E-state index in [1.165, 1.54) is 11.3 Å². The van der Waals surface area contributed by atoms with Crippen LogP contribution in [-0.2, 0) is 13.6 Å². The number of hydrogen-bond donors (Lipinski definition) is 1. The molecule has 4 nitrogen and oxygen atoms in total. The lowest BCUT2D eigenvalue weighted by Gasteiger charge is -2.08. The molecule has 0 aliphatic carbocycles. The number of anilines is 1. The van der Waals surface area contributed by atoms with Gasteiger partial charge in [0.1, 0.15) is 0 Å². The van der Waals surface area contributed by atoms with Crippen LogP contribution in [0.25, 0.3) is 0 Å². The predicted octanol–water partition coefficient (Wildman–Crippen LogP) is 3.63. The molecule has 112 valence electrons. The Hall–Kier alpha value is -2.10. The van der Waals surface area contributed by atoms with Gasteiger partial charge in [-0.2, -0.15) is 5.10 Å². The van der Waals surface area contributed by atoms with Gasteiger partial charge in [0, 0.05) is 42.5 Å². The van der Waals surface area contributed by atoms with Gasteiger partial charge in [0.05, 0.1) is 5.69 Å². The smallest absolute Gasteiger partial charge is 0.162 e. The molecule has 2 aromatic rings. The maximum absolute atomic E-state index is 11.8. The van der Waals surface area contributed by atoms with E-state index in [1.54, 1.807) is 0 Å². The monoisotopic (exact) mass is 285 g/mol. The molecule has 1 heterocycles. The number of carbonyl (C=O) groups is 1. The van der Waals surface area contributed by atoms with E-state index in [4.69, 9.17) is 0 Å². The fraction of sp³-hybridized carbons (Fsp3) is 0.412. The van der Waals surface area contributed by atoms with Crippen LogP contribution >= 0.6 is 0 Å². The summed E-state index contributed by atoms with van der Waals surface area (Å²) in [5.41, 5.74) is 5.26. The van der Waals surface area contributed by atoms with Crippen LogP contribution in [0, 0.1) is 13.8 Å². The standard InChI is InChI=1S/C17H23N3O/c1-5-6-17(21)14-7-9-15(10-8-14)18-11-16-12(2)19-20(4)13(16)3/h7-10,18H,5-6,11H2,1-4H3. The molecule has 1 aromatic heterocycles. The minimum Gasteiger partial charge on any atom is -0.381 e. The van der Waals surface area contributed by atoms with Gasteiger partial charge in [-0.15, -0.1) is 0 Å². The lowest BCUT2D eigenvalue weighted by molar-refractivity contribution is 0.0982. The van der Waals surface area contributed by atoms with Gasteiger partial charge in [0.25, 0.3) is 0 Å². The van der Waals surface area contributed by atoms with Crippen molar-refractivity contribution in [3.8, 4) is 0 Å². The first kappa shape index (κ1) is 15.3. The predicted molar refractivity (Wildman–Crippen MR) is 85.7 cm³/mol. The van der Waals surface area contributed by atoms with E-state index >= 15 is 0 Å². The fourth-order valence-electron chi connectivity index (χ4n) is 2.41. The molecule has 0 amide bonds. The van der Waals surface area contributed by atoms with Crippen LogP contribution in [0.3, 0.4) is 0 Å². The second-order valence-electron chi connectivity index (χ2n) is 5.38.